The predicted molar refractivity (Wildman–Crippen MR) is 173 cm³/mol. The van der Waals surface area contributed by atoms with E-state index in [-0.39, 0.29) is 23.7 Å². The smallest absolute Gasteiger partial charge is 0.399 e. The van der Waals surface area contributed by atoms with E-state index in [1.807, 2.05) is 0 Å². The molecule has 1 heterocycles. The van der Waals surface area contributed by atoms with Crippen molar-refractivity contribution in [3.8, 4) is 33.4 Å². The minimum Gasteiger partial charge on any atom is -0.399 e. The van der Waals surface area contributed by atoms with Crippen molar-refractivity contribution in [2.45, 2.75) is 57.2 Å². The molecule has 1 saturated heterocycles. The van der Waals surface area contributed by atoms with Crippen LogP contribution >= 0.6 is 0 Å². The zero-order valence-electron chi connectivity index (χ0n) is 24.8. The summed E-state index contributed by atoms with van der Waals surface area (Å²) in [5.41, 5.74) is 13.9. The highest BCUT2D eigenvalue weighted by Crippen LogP contribution is 2.57. The topological polar surface area (TPSA) is 18.5 Å². The Morgan fingerprint density at radius 2 is 0.976 bits per heavy atom. The van der Waals surface area contributed by atoms with E-state index in [9.17, 15) is 0 Å². The lowest BCUT2D eigenvalue weighted by Crippen LogP contribution is -2.41. The van der Waals surface area contributed by atoms with E-state index >= 15 is 0 Å². The minimum absolute atomic E-state index is 0.150. The molecule has 0 aromatic heterocycles. The maximum Gasteiger partial charge on any atom is 0.494 e. The molecule has 0 unspecified atom stereocenters. The van der Waals surface area contributed by atoms with Crippen LogP contribution in [0, 0.1) is 0 Å². The Kier molecular flexibility index (Phi) is 5.55. The van der Waals surface area contributed by atoms with Gasteiger partial charge in [-0.3, -0.25) is 0 Å². The second-order valence-corrected chi connectivity index (χ2v) is 13.2. The number of fused-ring (bicyclic) bond motifs is 6. The van der Waals surface area contributed by atoms with Crippen molar-refractivity contribution in [3.05, 3.63) is 138 Å². The van der Waals surface area contributed by atoms with Crippen LogP contribution in [-0.2, 0) is 27.6 Å². The number of benzene rings is 5. The van der Waals surface area contributed by atoms with Gasteiger partial charge in [-0.05, 0) is 102 Å². The summed E-state index contributed by atoms with van der Waals surface area (Å²) in [6, 6.07) is 42.4. The summed E-state index contributed by atoms with van der Waals surface area (Å²) < 4.78 is 13.1. The lowest BCUT2D eigenvalue weighted by atomic mass is 9.71. The van der Waals surface area contributed by atoms with E-state index in [4.69, 9.17) is 9.31 Å². The fourth-order valence-electron chi connectivity index (χ4n) is 7.52. The first kappa shape index (κ1) is 25.8. The molecule has 8 rings (SSSR count). The fraction of sp³-hybridized carbons (Fsp3) is 0.231. The summed E-state index contributed by atoms with van der Waals surface area (Å²) in [5, 5.41) is 0. The van der Waals surface area contributed by atoms with Gasteiger partial charge in [0.15, 0.2) is 0 Å². The Morgan fingerprint density at radius 3 is 1.55 bits per heavy atom. The van der Waals surface area contributed by atoms with Crippen LogP contribution in [0.2, 0.25) is 0 Å². The summed E-state index contributed by atoms with van der Waals surface area (Å²) in [7, 11) is -0.385. The zero-order chi connectivity index (χ0) is 28.7. The van der Waals surface area contributed by atoms with E-state index < -0.39 is 0 Å². The highest BCUT2D eigenvalue weighted by Gasteiger charge is 2.53. The van der Waals surface area contributed by atoms with E-state index in [0.29, 0.717) is 0 Å². The molecule has 1 aliphatic heterocycles. The standard InChI is InChI=1S/C39H35BO2/c1-37(2)38(3,4)42-40(41-37)28-19-20-32-31-17-11-12-18-35(31)39(36(32)23-28)24-33-29(26-13-7-5-8-14-26)21-22-30(34(33)25-39)27-15-9-6-10-16-27/h5-23H,24-25H2,1-4H3. The van der Waals surface area contributed by atoms with Gasteiger partial charge in [0.2, 0.25) is 0 Å². The first-order chi connectivity index (χ1) is 20.3. The van der Waals surface area contributed by atoms with Crippen molar-refractivity contribution >= 4 is 12.6 Å². The summed E-state index contributed by atoms with van der Waals surface area (Å²) in [5.74, 6) is 0. The first-order valence-electron chi connectivity index (χ1n) is 15.1. The summed E-state index contributed by atoms with van der Waals surface area (Å²) in [6.45, 7) is 8.51. The van der Waals surface area contributed by atoms with Crippen molar-refractivity contribution < 1.29 is 9.31 Å². The van der Waals surface area contributed by atoms with Gasteiger partial charge in [-0.1, -0.05) is 115 Å². The van der Waals surface area contributed by atoms with Crippen LogP contribution in [0.1, 0.15) is 49.9 Å². The molecule has 42 heavy (non-hydrogen) atoms. The van der Waals surface area contributed by atoms with Gasteiger partial charge in [0.25, 0.3) is 0 Å². The van der Waals surface area contributed by atoms with Crippen LogP contribution in [0.25, 0.3) is 33.4 Å². The van der Waals surface area contributed by atoms with Crippen molar-refractivity contribution in [1.82, 2.24) is 0 Å². The summed E-state index contributed by atoms with van der Waals surface area (Å²) >= 11 is 0. The van der Waals surface area contributed by atoms with E-state index in [1.165, 1.54) is 55.6 Å². The highest BCUT2D eigenvalue weighted by atomic mass is 16.7. The van der Waals surface area contributed by atoms with Crippen LogP contribution in [0.5, 0.6) is 0 Å². The largest absolute Gasteiger partial charge is 0.494 e. The van der Waals surface area contributed by atoms with Crippen molar-refractivity contribution in [3.63, 3.8) is 0 Å². The van der Waals surface area contributed by atoms with E-state index in [1.54, 1.807) is 0 Å². The maximum atomic E-state index is 6.53. The van der Waals surface area contributed by atoms with Gasteiger partial charge in [0.1, 0.15) is 0 Å². The number of rotatable bonds is 3. The minimum atomic E-state index is -0.385. The molecule has 3 aliphatic rings. The molecule has 206 valence electrons. The lowest BCUT2D eigenvalue weighted by molar-refractivity contribution is 0.00578. The Bertz CT molecular complexity index is 1750. The first-order valence-corrected chi connectivity index (χ1v) is 15.1. The average molecular weight is 547 g/mol. The molecule has 2 nitrogen and oxygen atoms in total. The van der Waals surface area contributed by atoms with Crippen LogP contribution in [-0.4, -0.2) is 18.3 Å². The third-order valence-electron chi connectivity index (χ3n) is 10.4. The quantitative estimate of drug-likeness (QED) is 0.212. The molecular formula is C39H35BO2. The molecule has 0 bridgehead atoms. The van der Waals surface area contributed by atoms with Gasteiger partial charge < -0.3 is 9.31 Å². The third kappa shape index (κ3) is 3.67. The fourth-order valence-corrected chi connectivity index (χ4v) is 7.52. The van der Waals surface area contributed by atoms with Gasteiger partial charge in [0.05, 0.1) is 11.2 Å². The Hall–Kier alpha value is -3.92. The van der Waals surface area contributed by atoms with Gasteiger partial charge in [0, 0.05) is 5.41 Å². The molecule has 1 spiro atoms. The molecule has 1 fully saturated rings. The number of hydrogen-bond donors (Lipinski definition) is 0. The van der Waals surface area contributed by atoms with Crippen LogP contribution in [0.4, 0.5) is 0 Å². The molecule has 0 radical (unpaired) electrons. The maximum absolute atomic E-state index is 6.53. The van der Waals surface area contributed by atoms with Gasteiger partial charge >= 0.3 is 7.12 Å². The summed E-state index contributed by atoms with van der Waals surface area (Å²) in [4.78, 5) is 0. The second kappa shape index (κ2) is 9.04. The Morgan fingerprint density at radius 1 is 0.500 bits per heavy atom. The van der Waals surface area contributed by atoms with Crippen molar-refractivity contribution in [2.75, 3.05) is 0 Å². The average Bonchev–Trinajstić information content (AvgIpc) is 3.61. The molecule has 5 aromatic carbocycles. The highest BCUT2D eigenvalue weighted by molar-refractivity contribution is 6.62. The Balaban J connectivity index is 1.33. The molecule has 2 aliphatic carbocycles. The molecule has 0 N–H and O–H groups in total. The molecule has 0 amide bonds. The molecular weight excluding hydrogens is 511 g/mol. The molecule has 0 saturated carbocycles. The molecule has 5 aromatic rings. The molecule has 0 atom stereocenters. The van der Waals surface area contributed by atoms with Crippen LogP contribution < -0.4 is 5.46 Å². The summed E-state index contributed by atoms with van der Waals surface area (Å²) in [6.07, 6.45) is 1.92. The SMILES string of the molecule is CC1(C)OB(c2ccc3c(c2)C2(Cc4c(-c5ccccc5)ccc(-c5ccccc5)c4C2)c2ccccc2-3)OC1(C)C. The Labute approximate surface area is 249 Å². The zero-order valence-corrected chi connectivity index (χ0v) is 24.8. The van der Waals surface area contributed by atoms with Gasteiger partial charge in [-0.15, -0.1) is 0 Å². The van der Waals surface area contributed by atoms with Gasteiger partial charge in [-0.2, -0.15) is 0 Å². The predicted octanol–water partition coefficient (Wildman–Crippen LogP) is 8.39. The van der Waals surface area contributed by atoms with E-state index in [2.05, 4.69) is 143 Å². The van der Waals surface area contributed by atoms with Crippen molar-refractivity contribution in [2.24, 2.45) is 0 Å². The normalized spacial score (nSPS) is 18.6. The van der Waals surface area contributed by atoms with Crippen LogP contribution in [0.15, 0.2) is 115 Å². The monoisotopic (exact) mass is 546 g/mol. The van der Waals surface area contributed by atoms with E-state index in [0.717, 1.165) is 18.3 Å². The molecule has 3 heteroatoms. The number of hydrogen-bond acceptors (Lipinski definition) is 2. The third-order valence-corrected chi connectivity index (χ3v) is 10.4. The second-order valence-electron chi connectivity index (χ2n) is 13.2. The van der Waals surface area contributed by atoms with Crippen LogP contribution in [0.3, 0.4) is 0 Å². The van der Waals surface area contributed by atoms with Crippen molar-refractivity contribution in [1.29, 1.82) is 0 Å². The van der Waals surface area contributed by atoms with Gasteiger partial charge in [-0.25, -0.2) is 0 Å². The lowest BCUT2D eigenvalue weighted by Gasteiger charge is -2.32.